The number of ether oxygens (including phenoxy) is 2. The highest BCUT2D eigenvalue weighted by Crippen LogP contribution is 2.31. The molecular weight excluding hydrogens is 358 g/mol. The zero-order valence-corrected chi connectivity index (χ0v) is 16.8. The predicted molar refractivity (Wildman–Crippen MR) is 109 cm³/mol. The van der Waals surface area contributed by atoms with E-state index in [2.05, 4.69) is 34.2 Å². The van der Waals surface area contributed by atoms with Gasteiger partial charge >= 0.3 is 0 Å². The molecule has 150 valence electrons. The quantitative estimate of drug-likeness (QED) is 0.586. The van der Waals surface area contributed by atoms with Gasteiger partial charge in [0.25, 0.3) is 5.56 Å². The number of aryl methyl sites for hydroxylation is 1. The summed E-state index contributed by atoms with van der Waals surface area (Å²) in [6, 6.07) is 5.79. The van der Waals surface area contributed by atoms with E-state index in [1.165, 1.54) is 6.20 Å². The number of nitrogens with one attached hydrogen (secondary N) is 2. The molecule has 0 spiro atoms. The van der Waals surface area contributed by atoms with Gasteiger partial charge in [0.05, 0.1) is 25.5 Å². The molecule has 2 heterocycles. The summed E-state index contributed by atoms with van der Waals surface area (Å²) in [4.78, 5) is 19.5. The largest absolute Gasteiger partial charge is 0.490 e. The fraction of sp³-hybridized carbons (Fsp3) is 0.450. The highest BCUT2D eigenvalue weighted by Gasteiger charge is 2.14. The summed E-state index contributed by atoms with van der Waals surface area (Å²) in [7, 11) is 1.76. The Bertz CT molecular complexity index is 995. The molecule has 0 aliphatic rings. The number of aromatic nitrogens is 4. The Labute approximate surface area is 163 Å². The molecule has 28 heavy (non-hydrogen) atoms. The lowest BCUT2D eigenvalue weighted by Crippen LogP contribution is -2.16. The monoisotopic (exact) mass is 385 g/mol. The average molecular weight is 385 g/mol. The van der Waals surface area contributed by atoms with Gasteiger partial charge in [0.1, 0.15) is 5.39 Å². The number of hydrogen-bond acceptors (Lipinski definition) is 6. The topological polar surface area (TPSA) is 94.1 Å². The molecule has 8 heteroatoms. The first kappa shape index (κ1) is 19.7. The molecule has 0 saturated heterocycles. The van der Waals surface area contributed by atoms with Crippen LogP contribution in [0.2, 0.25) is 0 Å². The molecule has 0 aliphatic carbocycles. The average Bonchev–Trinajstić information content (AvgIpc) is 3.06. The minimum Gasteiger partial charge on any atom is -0.490 e. The van der Waals surface area contributed by atoms with E-state index < -0.39 is 0 Å². The van der Waals surface area contributed by atoms with Gasteiger partial charge in [0, 0.05) is 7.05 Å². The van der Waals surface area contributed by atoms with Gasteiger partial charge in [-0.1, -0.05) is 19.9 Å². The third kappa shape index (κ3) is 4.27. The second-order valence-corrected chi connectivity index (χ2v) is 6.69. The highest BCUT2D eigenvalue weighted by molar-refractivity contribution is 5.74. The number of fused-ring (bicyclic) bond motifs is 1. The van der Waals surface area contributed by atoms with Gasteiger partial charge in [-0.2, -0.15) is 10.1 Å². The molecule has 0 bridgehead atoms. The number of nitrogens with zero attached hydrogens (tertiary/aromatic N) is 3. The number of anilines is 1. The maximum atomic E-state index is 12.2. The lowest BCUT2D eigenvalue weighted by Gasteiger charge is -2.18. The van der Waals surface area contributed by atoms with Crippen molar-refractivity contribution in [3.05, 3.63) is 40.3 Å². The summed E-state index contributed by atoms with van der Waals surface area (Å²) >= 11 is 0. The van der Waals surface area contributed by atoms with Crippen molar-refractivity contribution in [3.63, 3.8) is 0 Å². The van der Waals surface area contributed by atoms with E-state index >= 15 is 0 Å². The summed E-state index contributed by atoms with van der Waals surface area (Å²) in [6.45, 7) is 7.40. The molecule has 8 nitrogen and oxygen atoms in total. The first-order valence-corrected chi connectivity index (χ1v) is 9.61. The SMILES string of the molecule is CCCOc1ccc([C@H](C)Nc2nc3c(cnn3C)c(=O)[nH]2)cc1OCCC. The van der Waals surface area contributed by atoms with Crippen LogP contribution in [-0.4, -0.2) is 33.0 Å². The van der Waals surface area contributed by atoms with Crippen LogP contribution in [0.1, 0.15) is 45.2 Å². The van der Waals surface area contributed by atoms with Gasteiger partial charge in [-0.05, 0) is 37.5 Å². The second kappa shape index (κ2) is 8.77. The molecule has 0 fully saturated rings. The van der Waals surface area contributed by atoms with E-state index in [1.54, 1.807) is 11.7 Å². The molecule has 0 unspecified atom stereocenters. The Kier molecular flexibility index (Phi) is 6.18. The Morgan fingerprint density at radius 2 is 1.89 bits per heavy atom. The second-order valence-electron chi connectivity index (χ2n) is 6.69. The van der Waals surface area contributed by atoms with Crippen molar-refractivity contribution in [1.82, 2.24) is 19.7 Å². The molecule has 3 rings (SSSR count). The highest BCUT2D eigenvalue weighted by atomic mass is 16.5. The minimum atomic E-state index is -0.219. The molecule has 0 radical (unpaired) electrons. The fourth-order valence-electron chi connectivity index (χ4n) is 2.84. The van der Waals surface area contributed by atoms with Crippen LogP contribution in [0.25, 0.3) is 11.0 Å². The van der Waals surface area contributed by atoms with Crippen LogP contribution in [0.5, 0.6) is 11.5 Å². The van der Waals surface area contributed by atoms with E-state index in [0.29, 0.717) is 30.2 Å². The Morgan fingerprint density at radius 3 is 2.61 bits per heavy atom. The summed E-state index contributed by atoms with van der Waals surface area (Å²) in [5.74, 6) is 1.87. The fourth-order valence-corrected chi connectivity index (χ4v) is 2.84. The van der Waals surface area contributed by atoms with Crippen LogP contribution in [0.15, 0.2) is 29.2 Å². The standard InChI is InChI=1S/C20H27N5O3/c1-5-9-27-16-8-7-14(11-17(16)28-10-6-2)13(3)22-20-23-18-15(19(26)24-20)12-21-25(18)4/h7-8,11-13H,5-6,9-10H2,1-4H3,(H2,22,23,24,26)/t13-/m0/s1. The van der Waals surface area contributed by atoms with E-state index in [-0.39, 0.29) is 11.6 Å². The lowest BCUT2D eigenvalue weighted by molar-refractivity contribution is 0.268. The lowest BCUT2D eigenvalue weighted by atomic mass is 10.1. The smallest absolute Gasteiger partial charge is 0.263 e. The number of hydrogen-bond donors (Lipinski definition) is 2. The number of benzene rings is 1. The number of rotatable bonds is 9. The number of aromatic amines is 1. The molecule has 2 N–H and O–H groups in total. The van der Waals surface area contributed by atoms with Crippen molar-refractivity contribution >= 4 is 17.0 Å². The van der Waals surface area contributed by atoms with Gasteiger partial charge < -0.3 is 14.8 Å². The van der Waals surface area contributed by atoms with Gasteiger partial charge in [-0.15, -0.1) is 0 Å². The van der Waals surface area contributed by atoms with Crippen LogP contribution in [0.4, 0.5) is 5.95 Å². The van der Waals surface area contributed by atoms with Crippen LogP contribution >= 0.6 is 0 Å². The third-order valence-corrected chi connectivity index (χ3v) is 4.35. The molecular formula is C20H27N5O3. The summed E-state index contributed by atoms with van der Waals surface area (Å²) in [5.41, 5.74) is 1.32. The third-order valence-electron chi connectivity index (χ3n) is 4.35. The molecule has 1 aromatic carbocycles. The molecule has 1 atom stereocenters. The first-order chi connectivity index (χ1) is 13.5. The first-order valence-electron chi connectivity index (χ1n) is 9.61. The Balaban J connectivity index is 1.84. The summed E-state index contributed by atoms with van der Waals surface area (Å²) in [5, 5.41) is 7.80. The van der Waals surface area contributed by atoms with Gasteiger partial charge in [-0.3, -0.25) is 14.5 Å². The van der Waals surface area contributed by atoms with E-state index in [4.69, 9.17) is 9.47 Å². The predicted octanol–water partition coefficient (Wildman–Crippen LogP) is 3.41. The zero-order valence-electron chi connectivity index (χ0n) is 16.8. The van der Waals surface area contributed by atoms with E-state index in [9.17, 15) is 4.79 Å². The van der Waals surface area contributed by atoms with Crippen molar-refractivity contribution in [3.8, 4) is 11.5 Å². The Morgan fingerprint density at radius 1 is 1.18 bits per heavy atom. The Hall–Kier alpha value is -3.03. The summed E-state index contributed by atoms with van der Waals surface area (Å²) < 4.78 is 13.2. The van der Waals surface area contributed by atoms with Crippen molar-refractivity contribution in [2.45, 2.75) is 39.7 Å². The van der Waals surface area contributed by atoms with Crippen LogP contribution in [0.3, 0.4) is 0 Å². The zero-order chi connectivity index (χ0) is 20.1. The van der Waals surface area contributed by atoms with Crippen molar-refractivity contribution in [2.75, 3.05) is 18.5 Å². The van der Waals surface area contributed by atoms with Gasteiger partial charge in [-0.25, -0.2) is 0 Å². The molecule has 2 aromatic heterocycles. The molecule has 0 amide bonds. The van der Waals surface area contributed by atoms with E-state index in [0.717, 1.165) is 29.9 Å². The minimum absolute atomic E-state index is 0.0990. The van der Waals surface area contributed by atoms with Crippen LogP contribution in [0, 0.1) is 0 Å². The normalized spacial score (nSPS) is 12.1. The molecule has 3 aromatic rings. The molecule has 0 saturated carbocycles. The van der Waals surface area contributed by atoms with Crippen LogP contribution < -0.4 is 20.3 Å². The van der Waals surface area contributed by atoms with Crippen molar-refractivity contribution in [1.29, 1.82) is 0 Å². The van der Waals surface area contributed by atoms with E-state index in [1.807, 2.05) is 25.1 Å². The van der Waals surface area contributed by atoms with Crippen molar-refractivity contribution in [2.24, 2.45) is 7.05 Å². The van der Waals surface area contributed by atoms with Gasteiger partial charge in [0.15, 0.2) is 17.1 Å². The van der Waals surface area contributed by atoms with Crippen molar-refractivity contribution < 1.29 is 9.47 Å². The summed E-state index contributed by atoms with van der Waals surface area (Å²) in [6.07, 6.45) is 3.37. The molecule has 0 aliphatic heterocycles. The maximum absolute atomic E-state index is 12.2. The van der Waals surface area contributed by atoms with Gasteiger partial charge in [0.2, 0.25) is 5.95 Å². The maximum Gasteiger partial charge on any atom is 0.263 e. The number of H-pyrrole nitrogens is 1. The van der Waals surface area contributed by atoms with Crippen LogP contribution in [-0.2, 0) is 7.05 Å².